The van der Waals surface area contributed by atoms with E-state index < -0.39 is 11.1 Å². The molecule has 0 N–H and O–H groups in total. The third-order valence-electron chi connectivity index (χ3n) is 7.76. The Labute approximate surface area is 191 Å². The van der Waals surface area contributed by atoms with Crippen molar-refractivity contribution in [1.82, 2.24) is 19.7 Å². The Balaban J connectivity index is 1.26. The second-order valence-electron chi connectivity index (χ2n) is 9.92. The highest BCUT2D eigenvalue weighted by molar-refractivity contribution is 5.85. The van der Waals surface area contributed by atoms with Crippen LogP contribution in [0.4, 0.5) is 4.39 Å². The van der Waals surface area contributed by atoms with Crippen molar-refractivity contribution >= 4 is 5.91 Å². The van der Waals surface area contributed by atoms with Gasteiger partial charge in [0.05, 0.1) is 6.07 Å². The summed E-state index contributed by atoms with van der Waals surface area (Å²) >= 11 is 0. The lowest BCUT2D eigenvalue weighted by molar-refractivity contribution is -0.144. The van der Waals surface area contributed by atoms with Gasteiger partial charge in [-0.1, -0.05) is 6.42 Å². The molecule has 4 heterocycles. The molecule has 0 aliphatic carbocycles. The molecule has 0 spiro atoms. The maximum Gasteiger partial charge on any atom is 0.243 e. The molecule has 32 heavy (non-hydrogen) atoms. The molecule has 0 saturated carbocycles. The first kappa shape index (κ1) is 23.1. The number of halogens is 1. The molecule has 174 valence electrons. The molecule has 3 fully saturated rings. The molecule has 1 aromatic rings. The molecule has 0 aromatic carbocycles. The van der Waals surface area contributed by atoms with Crippen molar-refractivity contribution in [3.05, 3.63) is 30.1 Å². The summed E-state index contributed by atoms with van der Waals surface area (Å²) in [5.74, 6) is -0.0818. The van der Waals surface area contributed by atoms with Gasteiger partial charge in [-0.05, 0) is 75.7 Å². The van der Waals surface area contributed by atoms with Crippen molar-refractivity contribution in [2.45, 2.75) is 63.6 Å². The van der Waals surface area contributed by atoms with Crippen LogP contribution in [0.1, 0.15) is 56.9 Å². The number of rotatable bonds is 6. The number of nitrogens with zero attached hydrogens (tertiary/aromatic N) is 5. The minimum atomic E-state index is -1.18. The number of piperidine rings is 3. The van der Waals surface area contributed by atoms with E-state index in [0.29, 0.717) is 45.2 Å². The Morgan fingerprint density at radius 2 is 1.62 bits per heavy atom. The van der Waals surface area contributed by atoms with Crippen molar-refractivity contribution in [1.29, 1.82) is 5.26 Å². The SMILES string of the molecule is N#CC1(C(=O)N2CCC(F)(CCN3CCCCC3)CC2)CCN(Cc2ccncc2)CC1. The van der Waals surface area contributed by atoms with Crippen LogP contribution in [0.3, 0.4) is 0 Å². The number of nitriles is 1. The van der Waals surface area contributed by atoms with Crippen molar-refractivity contribution in [2.24, 2.45) is 5.41 Å². The molecular formula is C25H36FN5O. The van der Waals surface area contributed by atoms with E-state index in [9.17, 15) is 10.1 Å². The van der Waals surface area contributed by atoms with Crippen LogP contribution in [0.2, 0.25) is 0 Å². The molecule has 0 unspecified atom stereocenters. The first-order valence-corrected chi connectivity index (χ1v) is 12.3. The predicted octanol–water partition coefficient (Wildman–Crippen LogP) is 3.39. The Kier molecular flexibility index (Phi) is 7.42. The molecule has 1 aromatic heterocycles. The smallest absolute Gasteiger partial charge is 0.243 e. The van der Waals surface area contributed by atoms with Crippen LogP contribution in [0, 0.1) is 16.7 Å². The van der Waals surface area contributed by atoms with Gasteiger partial charge in [-0.3, -0.25) is 14.7 Å². The Hall–Kier alpha value is -2.04. The molecule has 3 saturated heterocycles. The monoisotopic (exact) mass is 441 g/mol. The van der Waals surface area contributed by atoms with Gasteiger partial charge in [-0.2, -0.15) is 5.26 Å². The lowest BCUT2D eigenvalue weighted by Gasteiger charge is -2.43. The van der Waals surface area contributed by atoms with Crippen molar-refractivity contribution in [2.75, 3.05) is 45.8 Å². The quantitative estimate of drug-likeness (QED) is 0.677. The van der Waals surface area contributed by atoms with Crippen LogP contribution >= 0.6 is 0 Å². The summed E-state index contributed by atoms with van der Waals surface area (Å²) in [5, 5.41) is 9.95. The molecule has 0 atom stereocenters. The van der Waals surface area contributed by atoms with Gasteiger partial charge >= 0.3 is 0 Å². The summed E-state index contributed by atoms with van der Waals surface area (Å²) in [4.78, 5) is 23.8. The summed E-state index contributed by atoms with van der Waals surface area (Å²) in [7, 11) is 0. The van der Waals surface area contributed by atoms with Crippen LogP contribution < -0.4 is 0 Å². The number of carbonyl (C=O) groups excluding carboxylic acids is 1. The van der Waals surface area contributed by atoms with Crippen LogP contribution in [-0.2, 0) is 11.3 Å². The van der Waals surface area contributed by atoms with E-state index in [1.807, 2.05) is 12.1 Å². The maximum atomic E-state index is 15.4. The summed E-state index contributed by atoms with van der Waals surface area (Å²) < 4.78 is 15.4. The van der Waals surface area contributed by atoms with E-state index >= 15 is 4.39 Å². The number of hydrogen-bond acceptors (Lipinski definition) is 5. The van der Waals surface area contributed by atoms with Gasteiger partial charge in [0, 0.05) is 51.7 Å². The molecule has 0 radical (unpaired) electrons. The van der Waals surface area contributed by atoms with Crippen LogP contribution in [0.5, 0.6) is 0 Å². The largest absolute Gasteiger partial charge is 0.341 e. The van der Waals surface area contributed by atoms with Gasteiger partial charge in [-0.15, -0.1) is 0 Å². The number of aromatic nitrogens is 1. The number of carbonyl (C=O) groups is 1. The average molecular weight is 442 g/mol. The lowest BCUT2D eigenvalue weighted by Crippen LogP contribution is -2.53. The van der Waals surface area contributed by atoms with E-state index in [4.69, 9.17) is 0 Å². The van der Waals surface area contributed by atoms with Crippen molar-refractivity contribution < 1.29 is 9.18 Å². The number of likely N-dealkylation sites (tertiary alicyclic amines) is 3. The van der Waals surface area contributed by atoms with Gasteiger partial charge in [0.2, 0.25) is 5.91 Å². The zero-order chi connectivity index (χ0) is 22.4. The summed E-state index contributed by atoms with van der Waals surface area (Å²) in [6, 6.07) is 6.36. The molecular weight excluding hydrogens is 405 g/mol. The highest BCUT2D eigenvalue weighted by Gasteiger charge is 2.46. The summed E-state index contributed by atoms with van der Waals surface area (Å²) in [6.45, 7) is 6.10. The van der Waals surface area contributed by atoms with E-state index in [2.05, 4.69) is 20.9 Å². The molecule has 0 bridgehead atoms. The fourth-order valence-corrected chi connectivity index (χ4v) is 5.42. The van der Waals surface area contributed by atoms with Gasteiger partial charge < -0.3 is 9.80 Å². The average Bonchev–Trinajstić information content (AvgIpc) is 2.85. The first-order valence-electron chi connectivity index (χ1n) is 12.3. The van der Waals surface area contributed by atoms with E-state index in [0.717, 1.165) is 39.3 Å². The zero-order valence-corrected chi connectivity index (χ0v) is 19.1. The summed E-state index contributed by atoms with van der Waals surface area (Å²) in [5.41, 5.74) is -0.948. The number of hydrogen-bond donors (Lipinski definition) is 0. The predicted molar refractivity (Wildman–Crippen MR) is 121 cm³/mol. The number of alkyl halides is 1. The van der Waals surface area contributed by atoms with E-state index in [1.165, 1.54) is 24.8 Å². The molecule has 6 nitrogen and oxygen atoms in total. The zero-order valence-electron chi connectivity index (χ0n) is 19.1. The van der Waals surface area contributed by atoms with Gasteiger partial charge in [0.15, 0.2) is 0 Å². The third-order valence-corrected chi connectivity index (χ3v) is 7.76. The van der Waals surface area contributed by atoms with Gasteiger partial charge in [0.1, 0.15) is 11.1 Å². The second kappa shape index (κ2) is 10.3. The van der Waals surface area contributed by atoms with Gasteiger partial charge in [-0.25, -0.2) is 4.39 Å². The standard InChI is InChI=1S/C25H36FN5O/c26-25(8-17-29-13-2-1-3-14-29)9-18-31(19-10-25)23(32)24(21-27)6-15-30(16-7-24)20-22-4-11-28-12-5-22/h4-5,11-12H,1-3,6-10,13-20H2. The third kappa shape index (κ3) is 5.47. The summed E-state index contributed by atoms with van der Waals surface area (Å²) in [6.07, 6.45) is 9.73. The van der Waals surface area contributed by atoms with E-state index in [1.54, 1.807) is 17.3 Å². The van der Waals surface area contributed by atoms with Crippen molar-refractivity contribution in [3.63, 3.8) is 0 Å². The highest BCUT2D eigenvalue weighted by atomic mass is 19.1. The van der Waals surface area contributed by atoms with Crippen LogP contribution in [0.25, 0.3) is 0 Å². The molecule has 7 heteroatoms. The Morgan fingerprint density at radius 1 is 0.969 bits per heavy atom. The van der Waals surface area contributed by atoms with E-state index in [-0.39, 0.29) is 5.91 Å². The fourth-order valence-electron chi connectivity index (χ4n) is 5.42. The topological polar surface area (TPSA) is 63.5 Å². The minimum absolute atomic E-state index is 0.0818. The second-order valence-corrected chi connectivity index (χ2v) is 9.92. The van der Waals surface area contributed by atoms with Crippen LogP contribution in [0.15, 0.2) is 24.5 Å². The Bertz CT molecular complexity index is 788. The first-order chi connectivity index (χ1) is 15.5. The minimum Gasteiger partial charge on any atom is -0.341 e. The molecule has 3 aliphatic rings. The van der Waals surface area contributed by atoms with Gasteiger partial charge in [0.25, 0.3) is 0 Å². The highest BCUT2D eigenvalue weighted by Crippen LogP contribution is 2.37. The normalized spacial score (nSPS) is 24.1. The van der Waals surface area contributed by atoms with Crippen molar-refractivity contribution in [3.8, 4) is 6.07 Å². The number of pyridine rings is 1. The molecule has 4 rings (SSSR count). The lowest BCUT2D eigenvalue weighted by atomic mass is 9.77. The molecule has 1 amide bonds. The number of amides is 1. The van der Waals surface area contributed by atoms with Crippen LogP contribution in [-0.4, -0.2) is 77.1 Å². The maximum absolute atomic E-state index is 15.4. The Morgan fingerprint density at radius 3 is 2.25 bits per heavy atom. The fraction of sp³-hybridized carbons (Fsp3) is 0.720. The molecule has 3 aliphatic heterocycles.